The average molecular weight is 170 g/mol. The van der Waals surface area contributed by atoms with Crippen molar-refractivity contribution in [3.63, 3.8) is 0 Å². The Morgan fingerprint density at radius 2 is 2.09 bits per heavy atom. The van der Waals surface area contributed by atoms with E-state index in [9.17, 15) is 13.6 Å². The molecule has 66 valence electrons. The van der Waals surface area contributed by atoms with Crippen LogP contribution in [0.3, 0.4) is 0 Å². The monoisotopic (exact) mass is 170 g/mol. The lowest BCUT2D eigenvalue weighted by atomic mass is 10.3. The van der Waals surface area contributed by atoms with E-state index in [0.717, 1.165) is 0 Å². The molecule has 2 N–H and O–H groups in total. The van der Waals surface area contributed by atoms with Gasteiger partial charge in [0.05, 0.1) is 6.61 Å². The van der Waals surface area contributed by atoms with Crippen LogP contribution in [-0.4, -0.2) is 35.5 Å². The number of carboxylic acids is 1. The van der Waals surface area contributed by atoms with Crippen molar-refractivity contribution in [2.75, 3.05) is 6.61 Å². The highest BCUT2D eigenvalue weighted by Crippen LogP contribution is 1.98. The number of aliphatic hydroxyl groups excluding tert-OH is 1. The zero-order valence-electron chi connectivity index (χ0n) is 5.54. The van der Waals surface area contributed by atoms with Gasteiger partial charge in [0.25, 0.3) is 0 Å². The van der Waals surface area contributed by atoms with Gasteiger partial charge in [-0.2, -0.15) is 8.78 Å². The van der Waals surface area contributed by atoms with Gasteiger partial charge in [-0.3, -0.25) is 0 Å². The van der Waals surface area contributed by atoms with E-state index in [1.807, 2.05) is 0 Å². The fraction of sp³-hybridized carbons (Fsp3) is 0.800. The van der Waals surface area contributed by atoms with Crippen molar-refractivity contribution in [2.45, 2.75) is 19.1 Å². The lowest BCUT2D eigenvalue weighted by Gasteiger charge is -2.04. The number of aliphatic carboxylic acids is 1. The molecule has 0 aromatic carbocycles. The van der Waals surface area contributed by atoms with Crippen LogP contribution in [0.5, 0.6) is 0 Å². The predicted octanol–water partition coefficient (Wildman–Crippen LogP) is 0.0612. The molecule has 0 saturated heterocycles. The van der Waals surface area contributed by atoms with Crippen LogP contribution in [-0.2, 0) is 9.53 Å². The fourth-order valence-corrected chi connectivity index (χ4v) is 0.392. The summed E-state index contributed by atoms with van der Waals surface area (Å²) in [4.78, 5) is 9.88. The van der Waals surface area contributed by atoms with E-state index in [0.29, 0.717) is 0 Å². The van der Waals surface area contributed by atoms with Crippen molar-refractivity contribution in [1.82, 2.24) is 0 Å². The lowest BCUT2D eigenvalue weighted by Crippen LogP contribution is -2.21. The van der Waals surface area contributed by atoms with E-state index >= 15 is 0 Å². The molecule has 0 aliphatic carbocycles. The first kappa shape index (κ1) is 10.2. The van der Waals surface area contributed by atoms with Crippen LogP contribution in [0, 0.1) is 0 Å². The normalized spacial score (nSPS) is 13.5. The standard InChI is InChI=1S/C5H8F2O4/c6-5(7)11-2-1-3(8)4(9)10/h3,5,8H,1-2H2,(H,9,10). The largest absolute Gasteiger partial charge is 0.479 e. The van der Waals surface area contributed by atoms with Gasteiger partial charge in [0.15, 0.2) is 6.10 Å². The number of hydrogen-bond donors (Lipinski definition) is 2. The quantitative estimate of drug-likeness (QED) is 0.612. The first-order valence-electron chi connectivity index (χ1n) is 2.84. The Labute approximate surface area is 61.4 Å². The molecular weight excluding hydrogens is 162 g/mol. The van der Waals surface area contributed by atoms with Gasteiger partial charge in [-0.15, -0.1) is 0 Å². The van der Waals surface area contributed by atoms with E-state index in [1.54, 1.807) is 0 Å². The highest BCUT2D eigenvalue weighted by atomic mass is 19.3. The van der Waals surface area contributed by atoms with E-state index < -0.39 is 25.3 Å². The third-order valence-electron chi connectivity index (χ3n) is 0.920. The zero-order chi connectivity index (χ0) is 8.85. The van der Waals surface area contributed by atoms with Gasteiger partial charge in [-0.25, -0.2) is 4.79 Å². The Bertz CT molecular complexity index is 128. The summed E-state index contributed by atoms with van der Waals surface area (Å²) in [6, 6.07) is 0. The number of carbonyl (C=O) groups is 1. The highest BCUT2D eigenvalue weighted by molar-refractivity contribution is 5.71. The van der Waals surface area contributed by atoms with Crippen molar-refractivity contribution in [1.29, 1.82) is 0 Å². The number of ether oxygens (including phenoxy) is 1. The molecule has 0 aliphatic rings. The highest BCUT2D eigenvalue weighted by Gasteiger charge is 2.13. The minimum absolute atomic E-state index is 0.334. The summed E-state index contributed by atoms with van der Waals surface area (Å²) in [5.41, 5.74) is 0. The predicted molar refractivity (Wildman–Crippen MR) is 30.2 cm³/mol. The maximum atomic E-state index is 11.2. The Hall–Kier alpha value is -0.750. The summed E-state index contributed by atoms with van der Waals surface area (Å²) < 4.78 is 26.2. The summed E-state index contributed by atoms with van der Waals surface area (Å²) in [7, 11) is 0. The Balaban J connectivity index is 3.31. The van der Waals surface area contributed by atoms with Gasteiger partial charge in [-0.1, -0.05) is 0 Å². The molecule has 0 saturated carbocycles. The second-order valence-corrected chi connectivity index (χ2v) is 1.77. The SMILES string of the molecule is O=C(O)C(O)CCOC(F)F. The summed E-state index contributed by atoms with van der Waals surface area (Å²) in [5.74, 6) is -1.44. The van der Waals surface area contributed by atoms with Crippen LogP contribution in [0.25, 0.3) is 0 Å². The maximum absolute atomic E-state index is 11.2. The Morgan fingerprint density at radius 1 is 1.55 bits per heavy atom. The van der Waals surface area contributed by atoms with E-state index in [2.05, 4.69) is 4.74 Å². The number of aliphatic hydroxyl groups is 1. The summed E-state index contributed by atoms with van der Waals surface area (Å²) >= 11 is 0. The van der Waals surface area contributed by atoms with E-state index in [-0.39, 0.29) is 6.42 Å². The molecule has 1 atom stereocenters. The first-order valence-corrected chi connectivity index (χ1v) is 2.84. The zero-order valence-corrected chi connectivity index (χ0v) is 5.54. The number of alkyl halides is 2. The number of carboxylic acid groups (broad SMARTS) is 1. The summed E-state index contributed by atoms with van der Waals surface area (Å²) in [6.45, 7) is -3.39. The molecule has 0 heterocycles. The third kappa shape index (κ3) is 5.68. The molecule has 0 radical (unpaired) electrons. The number of rotatable bonds is 5. The number of halogens is 2. The van der Waals surface area contributed by atoms with Crippen LogP contribution in [0.4, 0.5) is 8.78 Å². The molecule has 4 nitrogen and oxygen atoms in total. The molecule has 6 heteroatoms. The van der Waals surface area contributed by atoms with Gasteiger partial charge < -0.3 is 14.9 Å². The molecule has 0 fully saturated rings. The first-order chi connectivity index (χ1) is 5.04. The molecule has 11 heavy (non-hydrogen) atoms. The van der Waals surface area contributed by atoms with Gasteiger partial charge in [0.1, 0.15) is 0 Å². The lowest BCUT2D eigenvalue weighted by molar-refractivity contribution is -0.154. The minimum Gasteiger partial charge on any atom is -0.479 e. The Kier molecular flexibility index (Phi) is 4.64. The molecule has 1 unspecified atom stereocenters. The van der Waals surface area contributed by atoms with E-state index in [4.69, 9.17) is 10.2 Å². The average Bonchev–Trinajstić information content (AvgIpc) is 1.86. The van der Waals surface area contributed by atoms with Crippen LogP contribution in [0.15, 0.2) is 0 Å². The van der Waals surface area contributed by atoms with Crippen LogP contribution in [0.2, 0.25) is 0 Å². The van der Waals surface area contributed by atoms with Gasteiger partial charge >= 0.3 is 12.6 Å². The van der Waals surface area contributed by atoms with Crippen molar-refractivity contribution < 1.29 is 28.5 Å². The topological polar surface area (TPSA) is 66.8 Å². The molecule has 0 aromatic heterocycles. The summed E-state index contributed by atoms with van der Waals surface area (Å²) in [6.07, 6.45) is -1.96. The van der Waals surface area contributed by atoms with Crippen molar-refractivity contribution >= 4 is 5.97 Å². The molecule has 0 rings (SSSR count). The van der Waals surface area contributed by atoms with E-state index in [1.165, 1.54) is 0 Å². The molecular formula is C5H8F2O4. The maximum Gasteiger partial charge on any atom is 0.345 e. The molecule has 0 amide bonds. The Morgan fingerprint density at radius 3 is 2.45 bits per heavy atom. The minimum atomic E-state index is -2.92. The van der Waals surface area contributed by atoms with Gasteiger partial charge in [0.2, 0.25) is 0 Å². The molecule has 0 aromatic rings. The molecule has 0 aliphatic heterocycles. The van der Waals surface area contributed by atoms with Crippen LogP contribution in [0.1, 0.15) is 6.42 Å². The van der Waals surface area contributed by atoms with Crippen molar-refractivity contribution in [3.05, 3.63) is 0 Å². The number of hydrogen-bond acceptors (Lipinski definition) is 3. The van der Waals surface area contributed by atoms with Crippen molar-refractivity contribution in [3.8, 4) is 0 Å². The smallest absolute Gasteiger partial charge is 0.345 e. The molecule has 0 spiro atoms. The third-order valence-corrected chi connectivity index (χ3v) is 0.920. The second-order valence-electron chi connectivity index (χ2n) is 1.77. The molecule has 0 bridgehead atoms. The van der Waals surface area contributed by atoms with Gasteiger partial charge in [0, 0.05) is 6.42 Å². The summed E-state index contributed by atoms with van der Waals surface area (Å²) in [5, 5.41) is 16.6. The van der Waals surface area contributed by atoms with Gasteiger partial charge in [-0.05, 0) is 0 Å². The van der Waals surface area contributed by atoms with Crippen LogP contribution >= 0.6 is 0 Å². The fourth-order valence-electron chi connectivity index (χ4n) is 0.392. The van der Waals surface area contributed by atoms with Crippen LogP contribution < -0.4 is 0 Å². The van der Waals surface area contributed by atoms with Crippen molar-refractivity contribution in [2.24, 2.45) is 0 Å². The second kappa shape index (κ2) is 4.97.